The number of benzene rings is 1. The highest BCUT2D eigenvalue weighted by atomic mass is 32.1. The lowest BCUT2D eigenvalue weighted by Crippen LogP contribution is -2.33. The van der Waals surface area contributed by atoms with Gasteiger partial charge in [0.2, 0.25) is 5.91 Å². The van der Waals surface area contributed by atoms with Crippen molar-refractivity contribution in [3.8, 4) is 0 Å². The monoisotopic (exact) mass is 377 g/mol. The van der Waals surface area contributed by atoms with Crippen LogP contribution in [0.5, 0.6) is 0 Å². The Kier molecular flexibility index (Phi) is 4.98. The van der Waals surface area contributed by atoms with E-state index in [-0.39, 0.29) is 24.3 Å². The van der Waals surface area contributed by atoms with Crippen LogP contribution in [0.25, 0.3) is 0 Å². The van der Waals surface area contributed by atoms with Crippen LogP contribution in [0.3, 0.4) is 0 Å². The number of amides is 2. The summed E-state index contributed by atoms with van der Waals surface area (Å²) in [6, 6.07) is 16.9. The summed E-state index contributed by atoms with van der Waals surface area (Å²) in [6.45, 7) is 0.913. The first-order chi connectivity index (χ1) is 13.2. The average molecular weight is 377 g/mol. The number of rotatable bonds is 6. The Hall–Kier alpha value is -2.99. The zero-order valence-corrected chi connectivity index (χ0v) is 15.5. The van der Waals surface area contributed by atoms with Crippen molar-refractivity contribution in [2.75, 3.05) is 0 Å². The van der Waals surface area contributed by atoms with Gasteiger partial charge in [-0.3, -0.25) is 14.6 Å². The van der Waals surface area contributed by atoms with Crippen LogP contribution < -0.4 is 5.32 Å². The van der Waals surface area contributed by atoms with Crippen molar-refractivity contribution in [2.45, 2.75) is 25.6 Å². The van der Waals surface area contributed by atoms with E-state index in [1.54, 1.807) is 22.4 Å². The first kappa shape index (κ1) is 17.4. The molecule has 3 heterocycles. The zero-order valence-electron chi connectivity index (χ0n) is 14.7. The van der Waals surface area contributed by atoms with Gasteiger partial charge in [-0.25, -0.2) is 0 Å². The molecule has 27 heavy (non-hydrogen) atoms. The SMILES string of the molecule is O=C(C[C@H](c1cccs1)N1Cc2ccccc2C1=O)NCc1ccccn1. The van der Waals surface area contributed by atoms with Crippen LogP contribution in [0.2, 0.25) is 0 Å². The topological polar surface area (TPSA) is 62.3 Å². The van der Waals surface area contributed by atoms with Gasteiger partial charge >= 0.3 is 0 Å². The molecule has 0 radical (unpaired) electrons. The van der Waals surface area contributed by atoms with Gasteiger partial charge in [0.25, 0.3) is 5.91 Å². The third-order valence-corrected chi connectivity index (χ3v) is 5.64. The van der Waals surface area contributed by atoms with Gasteiger partial charge in [0.05, 0.1) is 24.7 Å². The molecule has 1 aromatic carbocycles. The molecule has 0 saturated carbocycles. The first-order valence-corrected chi connectivity index (χ1v) is 9.69. The van der Waals surface area contributed by atoms with Crippen molar-refractivity contribution in [2.24, 2.45) is 0 Å². The van der Waals surface area contributed by atoms with E-state index in [0.717, 1.165) is 21.7 Å². The number of carbonyl (C=O) groups excluding carboxylic acids is 2. The van der Waals surface area contributed by atoms with E-state index >= 15 is 0 Å². The summed E-state index contributed by atoms with van der Waals surface area (Å²) in [6.07, 6.45) is 1.93. The molecule has 136 valence electrons. The van der Waals surface area contributed by atoms with Crippen molar-refractivity contribution >= 4 is 23.2 Å². The second-order valence-electron chi connectivity index (χ2n) is 6.42. The van der Waals surface area contributed by atoms with Crippen LogP contribution in [0.1, 0.15) is 39.0 Å². The van der Waals surface area contributed by atoms with Crippen molar-refractivity contribution in [1.82, 2.24) is 15.2 Å². The molecule has 1 aliphatic heterocycles. The molecule has 0 bridgehead atoms. The maximum Gasteiger partial charge on any atom is 0.255 e. The van der Waals surface area contributed by atoms with E-state index in [4.69, 9.17) is 0 Å². The number of pyridine rings is 1. The second kappa shape index (κ2) is 7.72. The second-order valence-corrected chi connectivity index (χ2v) is 7.40. The predicted octanol–water partition coefficient (Wildman–Crippen LogP) is 3.55. The minimum atomic E-state index is -0.270. The van der Waals surface area contributed by atoms with Crippen LogP contribution in [-0.4, -0.2) is 21.7 Å². The van der Waals surface area contributed by atoms with Gasteiger partial charge in [-0.05, 0) is 35.2 Å². The molecule has 0 saturated heterocycles. The number of hydrogen-bond donors (Lipinski definition) is 1. The third kappa shape index (κ3) is 3.75. The van der Waals surface area contributed by atoms with Gasteiger partial charge in [0.15, 0.2) is 0 Å². The summed E-state index contributed by atoms with van der Waals surface area (Å²) in [7, 11) is 0. The zero-order chi connectivity index (χ0) is 18.6. The summed E-state index contributed by atoms with van der Waals surface area (Å²) >= 11 is 1.57. The van der Waals surface area contributed by atoms with Crippen LogP contribution in [0.4, 0.5) is 0 Å². The lowest BCUT2D eigenvalue weighted by Gasteiger charge is -2.26. The van der Waals surface area contributed by atoms with E-state index < -0.39 is 0 Å². The van der Waals surface area contributed by atoms with Gasteiger partial charge in [0, 0.05) is 23.2 Å². The molecule has 1 N–H and O–H groups in total. The summed E-state index contributed by atoms with van der Waals surface area (Å²) in [5.74, 6) is -0.107. The normalized spacial score (nSPS) is 14.1. The maximum absolute atomic E-state index is 12.9. The lowest BCUT2D eigenvalue weighted by atomic mass is 10.1. The van der Waals surface area contributed by atoms with Gasteiger partial charge in [-0.15, -0.1) is 11.3 Å². The molecule has 3 aromatic rings. The molecule has 1 aliphatic rings. The molecular weight excluding hydrogens is 358 g/mol. The molecule has 0 unspecified atom stereocenters. The van der Waals surface area contributed by atoms with Crippen molar-refractivity contribution in [1.29, 1.82) is 0 Å². The molecule has 2 aromatic heterocycles. The number of hydrogen-bond acceptors (Lipinski definition) is 4. The van der Waals surface area contributed by atoms with Crippen LogP contribution in [0.15, 0.2) is 66.2 Å². The highest BCUT2D eigenvalue weighted by Crippen LogP contribution is 2.35. The first-order valence-electron chi connectivity index (χ1n) is 8.81. The van der Waals surface area contributed by atoms with Crippen molar-refractivity contribution < 1.29 is 9.59 Å². The Morgan fingerprint density at radius 1 is 1.15 bits per heavy atom. The summed E-state index contributed by atoms with van der Waals surface area (Å²) in [5.41, 5.74) is 2.55. The smallest absolute Gasteiger partial charge is 0.255 e. The molecule has 0 aliphatic carbocycles. The standard InChI is InChI=1S/C21H19N3O2S/c25-20(23-13-16-7-3-4-10-22-16)12-18(19-9-5-11-27-19)24-14-15-6-1-2-8-17(15)21(24)26/h1-11,18H,12-14H2,(H,23,25)/t18-/m1/s1. The van der Waals surface area contributed by atoms with Crippen LogP contribution in [0, 0.1) is 0 Å². The van der Waals surface area contributed by atoms with Gasteiger partial charge in [-0.2, -0.15) is 0 Å². The van der Waals surface area contributed by atoms with Crippen LogP contribution >= 0.6 is 11.3 Å². The molecule has 2 amide bonds. The Labute approximate surface area is 161 Å². The van der Waals surface area contributed by atoms with E-state index in [1.807, 2.05) is 60.0 Å². The summed E-state index contributed by atoms with van der Waals surface area (Å²) in [4.78, 5) is 32.5. The molecule has 1 atom stereocenters. The highest BCUT2D eigenvalue weighted by molar-refractivity contribution is 7.10. The Morgan fingerprint density at radius 2 is 2.00 bits per heavy atom. The molecule has 0 fully saturated rings. The Morgan fingerprint density at radius 3 is 2.74 bits per heavy atom. The third-order valence-electron chi connectivity index (χ3n) is 4.67. The van der Waals surface area contributed by atoms with E-state index in [0.29, 0.717) is 13.1 Å². The summed E-state index contributed by atoms with van der Waals surface area (Å²) in [5, 5.41) is 4.89. The number of nitrogens with one attached hydrogen (secondary N) is 1. The van der Waals surface area contributed by atoms with Gasteiger partial charge in [-0.1, -0.05) is 30.3 Å². The van der Waals surface area contributed by atoms with E-state index in [1.165, 1.54) is 0 Å². The van der Waals surface area contributed by atoms with E-state index in [2.05, 4.69) is 10.3 Å². The number of fused-ring (bicyclic) bond motifs is 1. The average Bonchev–Trinajstić information content (AvgIpc) is 3.34. The quantitative estimate of drug-likeness (QED) is 0.715. The number of aromatic nitrogens is 1. The fourth-order valence-corrected chi connectivity index (χ4v) is 4.15. The van der Waals surface area contributed by atoms with E-state index in [9.17, 15) is 9.59 Å². The highest BCUT2D eigenvalue weighted by Gasteiger charge is 2.34. The minimum absolute atomic E-state index is 0.0125. The van der Waals surface area contributed by atoms with Crippen molar-refractivity contribution in [3.05, 3.63) is 87.9 Å². The molecule has 5 nitrogen and oxygen atoms in total. The number of carbonyl (C=O) groups is 2. The minimum Gasteiger partial charge on any atom is -0.350 e. The van der Waals surface area contributed by atoms with Crippen LogP contribution in [-0.2, 0) is 17.9 Å². The largest absolute Gasteiger partial charge is 0.350 e. The predicted molar refractivity (Wildman–Crippen MR) is 104 cm³/mol. The molecule has 6 heteroatoms. The van der Waals surface area contributed by atoms with Gasteiger partial charge in [0.1, 0.15) is 0 Å². The molecule has 0 spiro atoms. The van der Waals surface area contributed by atoms with Crippen molar-refractivity contribution in [3.63, 3.8) is 0 Å². The Bertz CT molecular complexity index is 941. The number of nitrogens with zero attached hydrogens (tertiary/aromatic N) is 2. The lowest BCUT2D eigenvalue weighted by molar-refractivity contribution is -0.122. The van der Waals surface area contributed by atoms with Gasteiger partial charge < -0.3 is 10.2 Å². The molecular formula is C21H19N3O2S. The molecule has 4 rings (SSSR count). The fraction of sp³-hybridized carbons (Fsp3) is 0.190. The Balaban J connectivity index is 1.49. The number of thiophene rings is 1. The fourth-order valence-electron chi connectivity index (χ4n) is 3.31. The maximum atomic E-state index is 12.9. The summed E-state index contributed by atoms with van der Waals surface area (Å²) < 4.78 is 0.